The third kappa shape index (κ3) is 3.07. The minimum Gasteiger partial charge on any atom is -0.323 e. The van der Waals surface area contributed by atoms with Gasteiger partial charge in [-0.25, -0.2) is 4.90 Å². The van der Waals surface area contributed by atoms with E-state index in [9.17, 15) is 27.6 Å². The summed E-state index contributed by atoms with van der Waals surface area (Å²) >= 11 is 24.7. The Morgan fingerprint density at radius 1 is 0.917 bits per heavy atom. The van der Waals surface area contributed by atoms with Gasteiger partial charge in [0, 0.05) is 33.2 Å². The molecule has 188 valence electrons. The summed E-state index contributed by atoms with van der Waals surface area (Å²) in [5.74, 6) is -6.49. The predicted octanol–water partition coefficient (Wildman–Crippen LogP) is 5.52. The standard InChI is InChI=1S/C23H14Cl4F3N3O3/c24-9-2-10(25)4-12(3-9)33-19(34)16-15-1-8(23(28,29)30)7-32(15)22(17(16)20(33)35)13-5-11(26)6-14(27)18(13)31-21(22)36/h2-6,8,15-17H,1,7H2,(H,31,36). The van der Waals surface area contributed by atoms with Gasteiger partial charge in [0.25, 0.3) is 5.91 Å². The predicted molar refractivity (Wildman–Crippen MR) is 127 cm³/mol. The summed E-state index contributed by atoms with van der Waals surface area (Å²) in [4.78, 5) is 43.6. The molecule has 2 aromatic carbocycles. The van der Waals surface area contributed by atoms with Crippen LogP contribution in [-0.4, -0.2) is 41.4 Å². The molecule has 3 amide bonds. The Morgan fingerprint density at radius 3 is 2.19 bits per heavy atom. The lowest BCUT2D eigenvalue weighted by Gasteiger charge is -2.37. The number of carbonyl (C=O) groups excluding carboxylic acids is 3. The monoisotopic (exact) mass is 577 g/mol. The van der Waals surface area contributed by atoms with Crippen molar-refractivity contribution < 1.29 is 27.6 Å². The second kappa shape index (κ2) is 7.74. The smallest absolute Gasteiger partial charge is 0.323 e. The number of imide groups is 1. The average molecular weight is 579 g/mol. The highest BCUT2D eigenvalue weighted by atomic mass is 35.5. The van der Waals surface area contributed by atoms with Crippen LogP contribution in [0.1, 0.15) is 12.0 Å². The number of nitrogens with zero attached hydrogens (tertiary/aromatic N) is 2. The van der Waals surface area contributed by atoms with Gasteiger partial charge in [-0.3, -0.25) is 19.3 Å². The molecule has 5 unspecified atom stereocenters. The number of rotatable bonds is 1. The van der Waals surface area contributed by atoms with Crippen molar-refractivity contribution in [2.45, 2.75) is 24.2 Å². The normalized spacial score (nSPS) is 31.3. The molecule has 13 heteroatoms. The van der Waals surface area contributed by atoms with Gasteiger partial charge in [-0.2, -0.15) is 13.2 Å². The minimum absolute atomic E-state index is 0.0737. The Bertz CT molecular complexity index is 1370. The zero-order valence-electron chi connectivity index (χ0n) is 17.9. The van der Waals surface area contributed by atoms with Crippen LogP contribution in [0.15, 0.2) is 30.3 Å². The van der Waals surface area contributed by atoms with Gasteiger partial charge in [0.05, 0.1) is 34.2 Å². The molecule has 0 saturated carbocycles. The molecule has 0 bridgehead atoms. The van der Waals surface area contributed by atoms with Crippen molar-refractivity contribution in [3.8, 4) is 0 Å². The number of halogens is 7. The molecule has 6 rings (SSSR count). The van der Waals surface area contributed by atoms with E-state index in [1.807, 2.05) is 0 Å². The summed E-state index contributed by atoms with van der Waals surface area (Å²) in [5.41, 5.74) is -1.49. The van der Waals surface area contributed by atoms with E-state index >= 15 is 0 Å². The number of fused-ring (bicyclic) bond motifs is 7. The highest BCUT2D eigenvalue weighted by Gasteiger charge is 2.76. The molecule has 6 nitrogen and oxygen atoms in total. The Labute approximate surface area is 222 Å². The van der Waals surface area contributed by atoms with Gasteiger partial charge in [0.2, 0.25) is 11.8 Å². The number of amides is 3. The number of alkyl halides is 3. The quantitative estimate of drug-likeness (QED) is 0.452. The summed E-state index contributed by atoms with van der Waals surface area (Å²) in [7, 11) is 0. The van der Waals surface area contributed by atoms with Crippen molar-refractivity contribution in [1.82, 2.24) is 4.90 Å². The first-order valence-electron chi connectivity index (χ1n) is 10.8. The zero-order valence-corrected chi connectivity index (χ0v) is 20.9. The molecule has 4 aliphatic heterocycles. The molecule has 4 aliphatic rings. The number of hydrogen-bond acceptors (Lipinski definition) is 4. The van der Waals surface area contributed by atoms with Gasteiger partial charge >= 0.3 is 6.18 Å². The van der Waals surface area contributed by atoms with Crippen molar-refractivity contribution in [3.05, 3.63) is 56.0 Å². The van der Waals surface area contributed by atoms with Crippen molar-refractivity contribution in [2.75, 3.05) is 16.8 Å². The number of nitrogens with one attached hydrogen (secondary N) is 1. The van der Waals surface area contributed by atoms with Crippen molar-refractivity contribution >= 4 is 75.5 Å². The molecule has 5 atom stereocenters. The van der Waals surface area contributed by atoms with Crippen LogP contribution in [0, 0.1) is 17.8 Å². The minimum atomic E-state index is -4.56. The van der Waals surface area contributed by atoms with Crippen molar-refractivity contribution in [3.63, 3.8) is 0 Å². The second-order valence-corrected chi connectivity index (χ2v) is 11.1. The third-order valence-electron chi connectivity index (χ3n) is 7.63. The Kier molecular flexibility index (Phi) is 5.22. The van der Waals surface area contributed by atoms with E-state index in [-0.39, 0.29) is 37.0 Å². The Morgan fingerprint density at radius 2 is 1.56 bits per heavy atom. The van der Waals surface area contributed by atoms with Gasteiger partial charge in [-0.05, 0) is 36.8 Å². The SMILES string of the molecule is O=C1C2C3CC(C(F)(F)F)CN3C3(C(=O)Nc4c(Cl)cc(Cl)cc43)C2C(=O)N1c1cc(Cl)cc(Cl)c1. The van der Waals surface area contributed by atoms with Crippen LogP contribution in [-0.2, 0) is 19.9 Å². The summed E-state index contributed by atoms with van der Waals surface area (Å²) in [6.45, 7) is -0.554. The van der Waals surface area contributed by atoms with Gasteiger partial charge in [0.15, 0.2) is 0 Å². The summed E-state index contributed by atoms with van der Waals surface area (Å²) in [6, 6.07) is 5.91. The van der Waals surface area contributed by atoms with E-state index < -0.39 is 66.2 Å². The van der Waals surface area contributed by atoms with Gasteiger partial charge in [-0.15, -0.1) is 0 Å². The molecule has 3 fully saturated rings. The summed E-state index contributed by atoms with van der Waals surface area (Å²) < 4.78 is 41.6. The fraction of sp³-hybridized carbons (Fsp3) is 0.348. The summed E-state index contributed by atoms with van der Waals surface area (Å²) in [6.07, 6.45) is -5.00. The zero-order chi connectivity index (χ0) is 25.9. The number of hydrogen-bond donors (Lipinski definition) is 1. The largest absolute Gasteiger partial charge is 0.393 e. The topological polar surface area (TPSA) is 69.7 Å². The molecule has 4 heterocycles. The van der Waals surface area contributed by atoms with Crippen LogP contribution in [0.3, 0.4) is 0 Å². The van der Waals surface area contributed by atoms with E-state index in [1.165, 1.54) is 35.2 Å². The van der Waals surface area contributed by atoms with Crippen LogP contribution in [0.2, 0.25) is 20.1 Å². The lowest BCUT2D eigenvalue weighted by Crippen LogP contribution is -2.54. The van der Waals surface area contributed by atoms with Gasteiger partial charge in [0.1, 0.15) is 5.54 Å². The number of carbonyl (C=O) groups is 3. The summed E-state index contributed by atoms with van der Waals surface area (Å²) in [5, 5.41) is 3.16. The maximum absolute atomic E-state index is 13.9. The van der Waals surface area contributed by atoms with Crippen LogP contribution >= 0.6 is 46.4 Å². The fourth-order valence-electron chi connectivity index (χ4n) is 6.40. The maximum Gasteiger partial charge on any atom is 0.393 e. The second-order valence-electron chi connectivity index (χ2n) is 9.37. The number of anilines is 2. The molecule has 36 heavy (non-hydrogen) atoms. The van der Waals surface area contributed by atoms with E-state index in [1.54, 1.807) is 0 Å². The molecule has 3 saturated heterocycles. The molecule has 1 N–H and O–H groups in total. The first-order chi connectivity index (χ1) is 16.9. The maximum atomic E-state index is 13.9. The lowest BCUT2D eigenvalue weighted by atomic mass is 9.75. The van der Waals surface area contributed by atoms with Crippen LogP contribution in [0.25, 0.3) is 0 Å². The number of benzene rings is 2. The van der Waals surface area contributed by atoms with Crippen LogP contribution in [0.4, 0.5) is 24.5 Å². The molecule has 2 aromatic rings. The van der Waals surface area contributed by atoms with E-state index in [0.717, 1.165) is 4.90 Å². The average Bonchev–Trinajstić information content (AvgIpc) is 3.44. The highest BCUT2D eigenvalue weighted by molar-refractivity contribution is 6.38. The molecule has 0 aromatic heterocycles. The van der Waals surface area contributed by atoms with Crippen molar-refractivity contribution in [1.29, 1.82) is 0 Å². The van der Waals surface area contributed by atoms with Crippen LogP contribution in [0.5, 0.6) is 0 Å². The van der Waals surface area contributed by atoms with E-state index in [4.69, 9.17) is 46.4 Å². The van der Waals surface area contributed by atoms with E-state index in [2.05, 4.69) is 5.32 Å². The molecular formula is C23H14Cl4F3N3O3. The van der Waals surface area contributed by atoms with Crippen LogP contribution < -0.4 is 10.2 Å². The van der Waals surface area contributed by atoms with Gasteiger partial charge < -0.3 is 5.32 Å². The molecule has 0 aliphatic carbocycles. The molecule has 0 radical (unpaired) electrons. The fourth-order valence-corrected chi connectivity index (χ4v) is 7.45. The third-order valence-corrected chi connectivity index (χ3v) is 8.58. The Hall–Kier alpha value is -2.04. The van der Waals surface area contributed by atoms with E-state index in [0.29, 0.717) is 0 Å². The highest BCUT2D eigenvalue weighted by Crippen LogP contribution is 2.63. The Balaban J connectivity index is 1.58. The lowest BCUT2D eigenvalue weighted by molar-refractivity contribution is -0.173. The first kappa shape index (κ1) is 24.3. The molecular weight excluding hydrogens is 565 g/mol. The molecule has 1 spiro atoms. The van der Waals surface area contributed by atoms with Crippen molar-refractivity contribution in [2.24, 2.45) is 17.8 Å². The van der Waals surface area contributed by atoms with Gasteiger partial charge in [-0.1, -0.05) is 46.4 Å². The first-order valence-corrected chi connectivity index (χ1v) is 12.3.